The Morgan fingerprint density at radius 2 is 1.96 bits per heavy atom. The van der Waals surface area contributed by atoms with Crippen molar-refractivity contribution in [3.63, 3.8) is 0 Å². The Labute approximate surface area is 141 Å². The summed E-state index contributed by atoms with van der Waals surface area (Å²) in [6.45, 7) is 10.2. The molecule has 0 unspecified atom stereocenters. The van der Waals surface area contributed by atoms with E-state index in [0.29, 0.717) is 0 Å². The summed E-state index contributed by atoms with van der Waals surface area (Å²) in [7, 11) is 0. The smallest absolute Gasteiger partial charge is 0.200 e. The normalized spacial score (nSPS) is 15.8. The number of hydrogen-bond acceptors (Lipinski definition) is 5. The molecule has 3 heterocycles. The van der Waals surface area contributed by atoms with Gasteiger partial charge in [0.2, 0.25) is 5.65 Å². The third kappa shape index (κ3) is 2.53. The molecule has 1 saturated carbocycles. The van der Waals surface area contributed by atoms with Crippen molar-refractivity contribution in [1.29, 1.82) is 0 Å². The molecular formula is C17H23N7. The van der Waals surface area contributed by atoms with Crippen molar-refractivity contribution in [2.24, 2.45) is 5.41 Å². The number of hydrogen-bond donors (Lipinski definition) is 1. The van der Waals surface area contributed by atoms with E-state index in [-0.39, 0.29) is 5.41 Å². The fourth-order valence-electron chi connectivity index (χ4n) is 3.26. The van der Waals surface area contributed by atoms with Gasteiger partial charge in [0.25, 0.3) is 0 Å². The van der Waals surface area contributed by atoms with Crippen LogP contribution in [0.5, 0.6) is 0 Å². The second kappa shape index (κ2) is 5.29. The average molecular weight is 325 g/mol. The van der Waals surface area contributed by atoms with Gasteiger partial charge >= 0.3 is 0 Å². The highest BCUT2D eigenvalue weighted by molar-refractivity contribution is 5.71. The molecule has 3 aromatic rings. The monoisotopic (exact) mass is 325 g/mol. The second-order valence-corrected chi connectivity index (χ2v) is 7.12. The number of nitrogens with one attached hydrogen (secondary N) is 1. The van der Waals surface area contributed by atoms with Crippen molar-refractivity contribution in [1.82, 2.24) is 29.6 Å². The van der Waals surface area contributed by atoms with E-state index in [4.69, 9.17) is 0 Å². The van der Waals surface area contributed by atoms with Crippen molar-refractivity contribution < 1.29 is 0 Å². The Morgan fingerprint density at radius 3 is 2.62 bits per heavy atom. The van der Waals surface area contributed by atoms with Crippen LogP contribution in [0.2, 0.25) is 0 Å². The molecule has 24 heavy (non-hydrogen) atoms. The molecule has 1 N–H and O–H groups in total. The maximum absolute atomic E-state index is 4.62. The zero-order chi connectivity index (χ0) is 16.9. The second-order valence-electron chi connectivity index (χ2n) is 7.12. The van der Waals surface area contributed by atoms with Gasteiger partial charge < -0.3 is 5.32 Å². The molecule has 4 rings (SSSR count). The van der Waals surface area contributed by atoms with E-state index in [0.717, 1.165) is 41.4 Å². The molecule has 3 aromatic heterocycles. The highest BCUT2D eigenvalue weighted by Crippen LogP contribution is 2.47. The van der Waals surface area contributed by atoms with Crippen LogP contribution in [0.25, 0.3) is 5.65 Å². The summed E-state index contributed by atoms with van der Waals surface area (Å²) >= 11 is 0. The van der Waals surface area contributed by atoms with E-state index in [2.05, 4.69) is 50.3 Å². The Bertz CT molecular complexity index is 901. The van der Waals surface area contributed by atoms with Gasteiger partial charge in [-0.25, -0.2) is 0 Å². The summed E-state index contributed by atoms with van der Waals surface area (Å²) in [5, 5.41) is 20.9. The minimum absolute atomic E-state index is 0.282. The predicted octanol–water partition coefficient (Wildman–Crippen LogP) is 2.45. The van der Waals surface area contributed by atoms with Crippen LogP contribution in [0.1, 0.15) is 35.5 Å². The Balaban J connectivity index is 1.56. The highest BCUT2D eigenvalue weighted by Gasteiger charge is 2.43. The molecule has 0 aromatic carbocycles. The lowest BCUT2D eigenvalue weighted by Crippen LogP contribution is -2.23. The summed E-state index contributed by atoms with van der Waals surface area (Å²) in [6.07, 6.45) is 4.10. The maximum atomic E-state index is 4.62. The lowest BCUT2D eigenvalue weighted by molar-refractivity contribution is 0.409. The Hall–Kier alpha value is -2.44. The largest absolute Gasteiger partial charge is 0.381 e. The summed E-state index contributed by atoms with van der Waals surface area (Å²) in [5.41, 5.74) is 6.56. The van der Waals surface area contributed by atoms with Gasteiger partial charge in [-0.15, -0.1) is 10.2 Å². The third-order valence-corrected chi connectivity index (χ3v) is 5.12. The van der Waals surface area contributed by atoms with Crippen LogP contribution >= 0.6 is 0 Å². The zero-order valence-electron chi connectivity index (χ0n) is 14.7. The lowest BCUT2D eigenvalue weighted by atomic mass is 10.1. The minimum Gasteiger partial charge on any atom is -0.381 e. The molecule has 0 atom stereocenters. The number of anilines is 1. The van der Waals surface area contributed by atoms with Gasteiger partial charge in [0, 0.05) is 24.2 Å². The molecule has 126 valence electrons. The average Bonchev–Trinajstić information content (AvgIpc) is 3.00. The van der Waals surface area contributed by atoms with Crippen LogP contribution in [0.4, 0.5) is 5.69 Å². The van der Waals surface area contributed by atoms with Gasteiger partial charge in [-0.1, -0.05) is 0 Å². The van der Waals surface area contributed by atoms with Gasteiger partial charge in [0.05, 0.1) is 17.1 Å². The number of nitrogens with zero attached hydrogens (tertiary/aromatic N) is 6. The van der Waals surface area contributed by atoms with Gasteiger partial charge in [-0.2, -0.15) is 14.7 Å². The first-order valence-electron chi connectivity index (χ1n) is 8.40. The van der Waals surface area contributed by atoms with Crippen LogP contribution in [0, 0.1) is 33.1 Å². The fourth-order valence-corrected chi connectivity index (χ4v) is 3.26. The number of aromatic nitrogens is 6. The predicted molar refractivity (Wildman–Crippen MR) is 92.1 cm³/mol. The molecule has 0 bridgehead atoms. The standard InChI is InChI=1S/C17H23N7/c1-11-7-12(2)23(21-11)9-17(5-6-17)8-18-15-13(3)14(4)22-24-10-19-20-16(15)24/h7,10,18H,5-6,8-9H2,1-4H3. The van der Waals surface area contributed by atoms with Gasteiger partial charge in [-0.05, 0) is 52.2 Å². The third-order valence-electron chi connectivity index (χ3n) is 5.12. The van der Waals surface area contributed by atoms with Crippen LogP contribution in [-0.4, -0.2) is 36.1 Å². The van der Waals surface area contributed by atoms with Crippen molar-refractivity contribution in [2.75, 3.05) is 11.9 Å². The molecule has 7 heteroatoms. The molecule has 7 nitrogen and oxygen atoms in total. The number of fused-ring (bicyclic) bond motifs is 1. The molecule has 0 saturated heterocycles. The van der Waals surface area contributed by atoms with Crippen LogP contribution in [0.15, 0.2) is 12.4 Å². The quantitative estimate of drug-likeness (QED) is 0.780. The first kappa shape index (κ1) is 15.1. The Kier molecular flexibility index (Phi) is 3.33. The van der Waals surface area contributed by atoms with Crippen LogP contribution in [0.3, 0.4) is 0 Å². The SMILES string of the molecule is Cc1cc(C)n(CC2(CNc3c(C)c(C)nn4cnnc34)CC2)n1. The van der Waals surface area contributed by atoms with Crippen LogP contribution < -0.4 is 5.32 Å². The molecule has 1 fully saturated rings. The molecule has 1 aliphatic rings. The van der Waals surface area contributed by atoms with E-state index < -0.39 is 0 Å². The molecule has 0 spiro atoms. The van der Waals surface area contributed by atoms with Gasteiger partial charge in [-0.3, -0.25) is 4.68 Å². The van der Waals surface area contributed by atoms with E-state index in [1.54, 1.807) is 10.8 Å². The molecule has 0 radical (unpaired) electrons. The summed E-state index contributed by atoms with van der Waals surface area (Å²) in [6, 6.07) is 2.14. The van der Waals surface area contributed by atoms with Crippen molar-refractivity contribution in [3.05, 3.63) is 35.0 Å². The summed E-state index contributed by atoms with van der Waals surface area (Å²) in [4.78, 5) is 0. The summed E-state index contributed by atoms with van der Waals surface area (Å²) in [5.74, 6) is 0. The fraction of sp³-hybridized carbons (Fsp3) is 0.529. The van der Waals surface area contributed by atoms with E-state index >= 15 is 0 Å². The highest BCUT2D eigenvalue weighted by atomic mass is 15.3. The Morgan fingerprint density at radius 1 is 1.17 bits per heavy atom. The zero-order valence-corrected chi connectivity index (χ0v) is 14.7. The van der Waals surface area contributed by atoms with Crippen molar-refractivity contribution in [3.8, 4) is 0 Å². The molecule has 0 aliphatic heterocycles. The van der Waals surface area contributed by atoms with Gasteiger partial charge in [0.15, 0.2) is 0 Å². The summed E-state index contributed by atoms with van der Waals surface area (Å²) < 4.78 is 3.88. The van der Waals surface area contributed by atoms with Gasteiger partial charge in [0.1, 0.15) is 6.33 Å². The lowest BCUT2D eigenvalue weighted by Gasteiger charge is -2.19. The maximum Gasteiger partial charge on any atom is 0.200 e. The number of aryl methyl sites for hydroxylation is 3. The number of rotatable bonds is 5. The van der Waals surface area contributed by atoms with E-state index in [1.807, 2.05) is 13.8 Å². The first-order chi connectivity index (χ1) is 11.5. The van der Waals surface area contributed by atoms with Crippen LogP contribution in [-0.2, 0) is 6.54 Å². The van der Waals surface area contributed by atoms with E-state index in [1.165, 1.54) is 18.5 Å². The molecular weight excluding hydrogens is 302 g/mol. The van der Waals surface area contributed by atoms with E-state index in [9.17, 15) is 0 Å². The van der Waals surface area contributed by atoms with Crippen molar-refractivity contribution >= 4 is 11.3 Å². The molecule has 0 amide bonds. The first-order valence-corrected chi connectivity index (χ1v) is 8.40. The molecule has 1 aliphatic carbocycles. The minimum atomic E-state index is 0.282. The topological polar surface area (TPSA) is 72.9 Å². The van der Waals surface area contributed by atoms with Crippen molar-refractivity contribution in [2.45, 2.75) is 47.1 Å².